The summed E-state index contributed by atoms with van der Waals surface area (Å²) in [7, 11) is 0. The third kappa shape index (κ3) is 2.02. The monoisotopic (exact) mass is 184 g/mol. The SMILES string of the molecule is CCC1CCC(C)N1C(=O)C(C)N. The zero-order valence-corrected chi connectivity index (χ0v) is 8.79. The van der Waals surface area contributed by atoms with Crippen molar-refractivity contribution in [1.82, 2.24) is 4.90 Å². The van der Waals surface area contributed by atoms with Crippen LogP contribution in [0.5, 0.6) is 0 Å². The van der Waals surface area contributed by atoms with E-state index in [2.05, 4.69) is 13.8 Å². The fraction of sp³-hybridized carbons (Fsp3) is 0.900. The minimum atomic E-state index is -0.352. The molecule has 1 fully saturated rings. The molecule has 0 aromatic carbocycles. The van der Waals surface area contributed by atoms with Gasteiger partial charge >= 0.3 is 0 Å². The Morgan fingerprint density at radius 3 is 2.69 bits per heavy atom. The molecule has 0 saturated carbocycles. The Kier molecular flexibility index (Phi) is 3.31. The summed E-state index contributed by atoms with van der Waals surface area (Å²) in [6, 6.07) is 0.451. The van der Waals surface area contributed by atoms with Crippen LogP contribution >= 0.6 is 0 Å². The van der Waals surface area contributed by atoms with Crippen LogP contribution in [0.15, 0.2) is 0 Å². The van der Waals surface area contributed by atoms with Gasteiger partial charge in [-0.15, -0.1) is 0 Å². The van der Waals surface area contributed by atoms with Crippen molar-refractivity contribution in [3.05, 3.63) is 0 Å². The van der Waals surface area contributed by atoms with Crippen molar-refractivity contribution in [2.45, 2.75) is 58.2 Å². The smallest absolute Gasteiger partial charge is 0.239 e. The zero-order valence-electron chi connectivity index (χ0n) is 8.79. The Hall–Kier alpha value is -0.570. The third-order valence-corrected chi connectivity index (χ3v) is 2.90. The first kappa shape index (κ1) is 10.5. The maximum absolute atomic E-state index is 11.7. The molecule has 1 saturated heterocycles. The first-order valence-electron chi connectivity index (χ1n) is 5.15. The van der Waals surface area contributed by atoms with Crippen molar-refractivity contribution in [3.8, 4) is 0 Å². The second-order valence-corrected chi connectivity index (χ2v) is 4.02. The van der Waals surface area contributed by atoms with E-state index in [9.17, 15) is 4.79 Å². The summed E-state index contributed by atoms with van der Waals surface area (Å²) in [5.41, 5.74) is 5.60. The minimum Gasteiger partial charge on any atom is -0.336 e. The van der Waals surface area contributed by atoms with Crippen molar-refractivity contribution >= 4 is 5.91 Å². The van der Waals surface area contributed by atoms with Gasteiger partial charge in [-0.05, 0) is 33.1 Å². The van der Waals surface area contributed by atoms with Gasteiger partial charge in [0.1, 0.15) is 0 Å². The predicted octanol–water partition coefficient (Wildman–Crippen LogP) is 1.12. The maximum atomic E-state index is 11.7. The van der Waals surface area contributed by atoms with Crippen LogP contribution in [0.25, 0.3) is 0 Å². The van der Waals surface area contributed by atoms with E-state index in [-0.39, 0.29) is 11.9 Å². The van der Waals surface area contributed by atoms with Crippen molar-refractivity contribution in [3.63, 3.8) is 0 Å². The van der Waals surface area contributed by atoms with Crippen molar-refractivity contribution in [2.24, 2.45) is 5.73 Å². The molecule has 3 unspecified atom stereocenters. The van der Waals surface area contributed by atoms with E-state index < -0.39 is 0 Å². The summed E-state index contributed by atoms with van der Waals surface area (Å²) in [6.07, 6.45) is 3.30. The molecule has 0 aliphatic carbocycles. The lowest BCUT2D eigenvalue weighted by Crippen LogP contribution is -2.47. The number of hydrogen-bond acceptors (Lipinski definition) is 2. The van der Waals surface area contributed by atoms with E-state index in [0.717, 1.165) is 19.3 Å². The average molecular weight is 184 g/mol. The van der Waals surface area contributed by atoms with Crippen LogP contribution < -0.4 is 5.73 Å². The van der Waals surface area contributed by atoms with E-state index in [0.29, 0.717) is 12.1 Å². The van der Waals surface area contributed by atoms with E-state index in [1.165, 1.54) is 0 Å². The highest BCUT2D eigenvalue weighted by atomic mass is 16.2. The second-order valence-electron chi connectivity index (χ2n) is 4.02. The Labute approximate surface area is 80.3 Å². The van der Waals surface area contributed by atoms with Crippen LogP contribution in [0.3, 0.4) is 0 Å². The number of amides is 1. The standard InChI is InChI=1S/C10H20N2O/c1-4-9-6-5-7(2)12(9)10(13)8(3)11/h7-9H,4-6,11H2,1-3H3. The van der Waals surface area contributed by atoms with Gasteiger partial charge in [0.05, 0.1) is 6.04 Å². The molecule has 1 aliphatic rings. The van der Waals surface area contributed by atoms with Crippen LogP contribution in [0.2, 0.25) is 0 Å². The number of hydrogen-bond donors (Lipinski definition) is 1. The summed E-state index contributed by atoms with van der Waals surface area (Å²) < 4.78 is 0. The van der Waals surface area contributed by atoms with Crippen molar-refractivity contribution < 1.29 is 4.79 Å². The molecule has 3 heteroatoms. The maximum Gasteiger partial charge on any atom is 0.239 e. The second kappa shape index (κ2) is 4.09. The summed E-state index contributed by atoms with van der Waals surface area (Å²) in [6.45, 7) is 6.00. The van der Waals surface area contributed by atoms with Crippen LogP contribution in [-0.2, 0) is 4.79 Å². The first-order valence-corrected chi connectivity index (χ1v) is 5.15. The lowest BCUT2D eigenvalue weighted by atomic mass is 10.1. The third-order valence-electron chi connectivity index (χ3n) is 2.90. The molecule has 76 valence electrons. The topological polar surface area (TPSA) is 46.3 Å². The predicted molar refractivity (Wildman–Crippen MR) is 53.3 cm³/mol. The van der Waals surface area contributed by atoms with E-state index in [1.54, 1.807) is 6.92 Å². The van der Waals surface area contributed by atoms with Gasteiger partial charge in [-0.2, -0.15) is 0 Å². The Morgan fingerprint density at radius 1 is 1.62 bits per heavy atom. The molecule has 0 radical (unpaired) electrons. The van der Waals surface area contributed by atoms with Gasteiger partial charge in [0.25, 0.3) is 0 Å². The lowest BCUT2D eigenvalue weighted by Gasteiger charge is -2.29. The van der Waals surface area contributed by atoms with Gasteiger partial charge in [-0.1, -0.05) is 6.92 Å². The number of rotatable bonds is 2. The van der Waals surface area contributed by atoms with E-state index >= 15 is 0 Å². The fourth-order valence-corrected chi connectivity index (χ4v) is 2.10. The highest BCUT2D eigenvalue weighted by Crippen LogP contribution is 2.26. The molecule has 0 bridgehead atoms. The summed E-state index contributed by atoms with van der Waals surface area (Å²) >= 11 is 0. The van der Waals surface area contributed by atoms with E-state index in [4.69, 9.17) is 5.73 Å². The number of carbonyl (C=O) groups is 1. The fourth-order valence-electron chi connectivity index (χ4n) is 2.10. The molecule has 3 nitrogen and oxygen atoms in total. The number of likely N-dealkylation sites (tertiary alicyclic amines) is 1. The zero-order chi connectivity index (χ0) is 10.0. The molecule has 13 heavy (non-hydrogen) atoms. The minimum absolute atomic E-state index is 0.108. The molecule has 3 atom stereocenters. The van der Waals surface area contributed by atoms with Gasteiger partial charge in [-0.3, -0.25) is 4.79 Å². The van der Waals surface area contributed by atoms with Crippen LogP contribution in [0.4, 0.5) is 0 Å². The molecule has 0 aromatic heterocycles. The van der Waals surface area contributed by atoms with Crippen molar-refractivity contribution in [2.75, 3.05) is 0 Å². The van der Waals surface area contributed by atoms with E-state index in [1.807, 2.05) is 4.90 Å². The normalized spacial score (nSPS) is 30.6. The number of nitrogens with two attached hydrogens (primary N) is 1. The molecule has 1 aliphatic heterocycles. The van der Waals surface area contributed by atoms with Gasteiger partial charge in [-0.25, -0.2) is 0 Å². The molecule has 1 heterocycles. The van der Waals surface area contributed by atoms with Crippen molar-refractivity contribution in [1.29, 1.82) is 0 Å². The highest BCUT2D eigenvalue weighted by Gasteiger charge is 2.33. The summed E-state index contributed by atoms with van der Waals surface area (Å²) in [4.78, 5) is 13.7. The molecule has 2 N–H and O–H groups in total. The molecular weight excluding hydrogens is 164 g/mol. The largest absolute Gasteiger partial charge is 0.336 e. The van der Waals surface area contributed by atoms with Crippen LogP contribution in [0.1, 0.15) is 40.0 Å². The lowest BCUT2D eigenvalue weighted by molar-refractivity contribution is -0.134. The Balaban J connectivity index is 2.69. The molecule has 0 aromatic rings. The van der Waals surface area contributed by atoms with Crippen LogP contribution in [-0.4, -0.2) is 28.9 Å². The number of carbonyl (C=O) groups excluding carboxylic acids is 1. The average Bonchev–Trinajstić information content (AvgIpc) is 2.45. The summed E-state index contributed by atoms with van der Waals surface area (Å²) in [5.74, 6) is 0.108. The number of nitrogens with zero attached hydrogens (tertiary/aromatic N) is 1. The van der Waals surface area contributed by atoms with Gasteiger partial charge in [0, 0.05) is 12.1 Å². The molecule has 1 rings (SSSR count). The quantitative estimate of drug-likeness (QED) is 0.699. The first-order chi connectivity index (χ1) is 6.07. The summed E-state index contributed by atoms with van der Waals surface area (Å²) in [5, 5.41) is 0. The van der Waals surface area contributed by atoms with Gasteiger partial charge in [0.2, 0.25) is 5.91 Å². The van der Waals surface area contributed by atoms with Gasteiger partial charge < -0.3 is 10.6 Å². The molecular formula is C10H20N2O. The van der Waals surface area contributed by atoms with Crippen LogP contribution in [0, 0.1) is 0 Å². The Bertz CT molecular complexity index is 191. The molecule has 0 spiro atoms. The molecule has 1 amide bonds. The highest BCUT2D eigenvalue weighted by molar-refractivity contribution is 5.82. The Morgan fingerprint density at radius 2 is 2.23 bits per heavy atom. The van der Waals surface area contributed by atoms with Gasteiger partial charge in [0.15, 0.2) is 0 Å².